The number of rotatable bonds is 6. The highest BCUT2D eigenvalue weighted by Gasteiger charge is 2.11. The summed E-state index contributed by atoms with van der Waals surface area (Å²) in [5, 5.41) is 11.2. The minimum absolute atomic E-state index is 0.142. The number of benzene rings is 2. The molecule has 0 fully saturated rings. The maximum absolute atomic E-state index is 6.29. The number of hydrogen-bond donors (Lipinski definition) is 4. The van der Waals surface area contributed by atoms with Crippen LogP contribution < -0.4 is 21.9 Å². The summed E-state index contributed by atoms with van der Waals surface area (Å²) in [6.45, 7) is 0.550. The van der Waals surface area contributed by atoms with Crippen LogP contribution in [0.15, 0.2) is 53.9 Å². The van der Waals surface area contributed by atoms with E-state index in [1.54, 1.807) is 23.6 Å². The van der Waals surface area contributed by atoms with E-state index in [1.807, 2.05) is 30.3 Å². The van der Waals surface area contributed by atoms with E-state index in [4.69, 9.17) is 39.8 Å². The van der Waals surface area contributed by atoms with Gasteiger partial charge in [0, 0.05) is 29.3 Å². The largest absolute Gasteiger partial charge is 0.398 e. The van der Waals surface area contributed by atoms with Crippen LogP contribution in [0, 0.1) is 0 Å². The fraction of sp³-hybridized carbons (Fsp3) is 0.0526. The molecule has 0 bridgehead atoms. The lowest BCUT2D eigenvalue weighted by Gasteiger charge is -2.10. The molecule has 0 unspecified atom stereocenters. The fourth-order valence-corrected chi connectivity index (χ4v) is 3.23. The number of anilines is 2. The van der Waals surface area contributed by atoms with Crippen LogP contribution in [-0.4, -0.2) is 9.97 Å². The number of nitrogens with zero attached hydrogens (tertiary/aromatic N) is 2. The molecule has 28 heavy (non-hydrogen) atoms. The van der Waals surface area contributed by atoms with Gasteiger partial charge in [0.05, 0.1) is 15.7 Å². The minimum atomic E-state index is 0.142. The number of aromatic nitrogens is 2. The van der Waals surface area contributed by atoms with Crippen molar-refractivity contribution < 1.29 is 0 Å². The maximum atomic E-state index is 6.29. The van der Waals surface area contributed by atoms with Crippen molar-refractivity contribution in [3.05, 3.63) is 75.1 Å². The van der Waals surface area contributed by atoms with Gasteiger partial charge in [-0.15, -0.1) is 0 Å². The summed E-state index contributed by atoms with van der Waals surface area (Å²) in [4.78, 5) is 8.49. The van der Waals surface area contributed by atoms with E-state index >= 15 is 0 Å². The van der Waals surface area contributed by atoms with Crippen molar-refractivity contribution in [2.75, 3.05) is 11.1 Å². The second-order valence-corrected chi connectivity index (χ2v) is 7.15. The second-order valence-electron chi connectivity index (χ2n) is 5.86. The van der Waals surface area contributed by atoms with Crippen LogP contribution in [0.2, 0.25) is 10.0 Å². The first-order chi connectivity index (χ1) is 13.5. The first-order valence-corrected chi connectivity index (χ1v) is 9.91. The Morgan fingerprint density at radius 3 is 2.57 bits per heavy atom. The summed E-state index contributed by atoms with van der Waals surface area (Å²) >= 11 is 13.5. The molecule has 0 saturated heterocycles. The highest BCUT2D eigenvalue weighted by molar-refractivity contribution is 8.00. The molecule has 6 nitrogen and oxygen atoms in total. The zero-order valence-corrected chi connectivity index (χ0v) is 17.0. The SMILES string of the molecule is NS/C=C(\N)c1ccc(CNc2cc(-c3cccc(Cl)c3Cl)nc(N)n2)cc1. The van der Waals surface area contributed by atoms with Gasteiger partial charge < -0.3 is 16.8 Å². The van der Waals surface area contributed by atoms with Gasteiger partial charge in [-0.3, -0.25) is 5.14 Å². The lowest BCUT2D eigenvalue weighted by molar-refractivity contribution is 1.09. The summed E-state index contributed by atoms with van der Waals surface area (Å²) in [6.07, 6.45) is 0. The minimum Gasteiger partial charge on any atom is -0.398 e. The Kier molecular flexibility index (Phi) is 6.64. The Morgan fingerprint density at radius 1 is 1.11 bits per heavy atom. The lowest BCUT2D eigenvalue weighted by atomic mass is 10.1. The molecular weight excluding hydrogens is 415 g/mol. The molecule has 0 aliphatic rings. The third-order valence-electron chi connectivity index (χ3n) is 3.93. The van der Waals surface area contributed by atoms with Gasteiger partial charge in [-0.05, 0) is 17.2 Å². The summed E-state index contributed by atoms with van der Waals surface area (Å²) in [5.41, 5.74) is 15.7. The number of hydrogen-bond acceptors (Lipinski definition) is 7. The Balaban J connectivity index is 1.77. The molecule has 0 spiro atoms. The van der Waals surface area contributed by atoms with E-state index in [0.29, 0.717) is 39.4 Å². The van der Waals surface area contributed by atoms with Crippen molar-refractivity contribution in [2.24, 2.45) is 10.9 Å². The third-order valence-corrected chi connectivity index (χ3v) is 5.14. The maximum Gasteiger partial charge on any atom is 0.222 e. The van der Waals surface area contributed by atoms with E-state index in [-0.39, 0.29) is 5.95 Å². The van der Waals surface area contributed by atoms with Crippen molar-refractivity contribution in [3.8, 4) is 11.3 Å². The standard InChI is InChI=1S/C19H18Cl2N6S/c20-14-3-1-2-13(18(14)21)16-8-17(27-19(23)26-16)25-9-11-4-6-12(7-5-11)15(22)10-28-24/h1-8,10H,9,22,24H2,(H3,23,25,26,27)/b15-10-. The Morgan fingerprint density at radius 2 is 1.86 bits per heavy atom. The molecule has 144 valence electrons. The molecule has 2 aromatic carbocycles. The summed E-state index contributed by atoms with van der Waals surface area (Å²) in [5.74, 6) is 0.727. The lowest BCUT2D eigenvalue weighted by Crippen LogP contribution is -2.05. The molecule has 0 amide bonds. The van der Waals surface area contributed by atoms with Crippen LogP contribution in [0.4, 0.5) is 11.8 Å². The average molecular weight is 433 g/mol. The van der Waals surface area contributed by atoms with Gasteiger partial charge in [0.25, 0.3) is 0 Å². The van der Waals surface area contributed by atoms with Gasteiger partial charge in [0.2, 0.25) is 5.95 Å². The zero-order valence-electron chi connectivity index (χ0n) is 14.7. The van der Waals surface area contributed by atoms with Crippen LogP contribution in [-0.2, 0) is 6.54 Å². The topological polar surface area (TPSA) is 116 Å². The first kappa shape index (κ1) is 20.3. The summed E-state index contributed by atoms with van der Waals surface area (Å²) in [6, 6.07) is 15.0. The number of nitrogen functional groups attached to an aromatic ring is 1. The van der Waals surface area contributed by atoms with E-state index < -0.39 is 0 Å². The van der Waals surface area contributed by atoms with Crippen LogP contribution in [0.5, 0.6) is 0 Å². The van der Waals surface area contributed by atoms with Gasteiger partial charge in [0.1, 0.15) is 5.82 Å². The van der Waals surface area contributed by atoms with Crippen LogP contribution in [0.25, 0.3) is 17.0 Å². The number of nitrogens with one attached hydrogen (secondary N) is 1. The molecular formula is C19H18Cl2N6S. The van der Waals surface area contributed by atoms with Gasteiger partial charge in [0.15, 0.2) is 0 Å². The van der Waals surface area contributed by atoms with Crippen molar-refractivity contribution in [1.29, 1.82) is 0 Å². The quantitative estimate of drug-likeness (QED) is 0.423. The van der Waals surface area contributed by atoms with Gasteiger partial charge >= 0.3 is 0 Å². The fourth-order valence-electron chi connectivity index (χ4n) is 2.55. The third kappa shape index (κ3) is 4.88. The van der Waals surface area contributed by atoms with Crippen LogP contribution >= 0.6 is 35.1 Å². The molecule has 1 heterocycles. The van der Waals surface area contributed by atoms with Gasteiger partial charge in [-0.2, -0.15) is 4.98 Å². The molecule has 9 heteroatoms. The van der Waals surface area contributed by atoms with Crippen LogP contribution in [0.3, 0.4) is 0 Å². The molecule has 3 rings (SSSR count). The summed E-state index contributed by atoms with van der Waals surface area (Å²) < 4.78 is 0. The van der Waals surface area contributed by atoms with Crippen molar-refractivity contribution in [2.45, 2.75) is 6.54 Å². The van der Waals surface area contributed by atoms with Gasteiger partial charge in [-0.25, -0.2) is 4.98 Å². The Hall–Kier alpha value is -2.45. The van der Waals surface area contributed by atoms with Crippen LogP contribution in [0.1, 0.15) is 11.1 Å². The molecule has 1 aromatic heterocycles. The van der Waals surface area contributed by atoms with E-state index in [1.165, 1.54) is 0 Å². The molecule has 7 N–H and O–H groups in total. The molecule has 3 aromatic rings. The second kappa shape index (κ2) is 9.16. The summed E-state index contributed by atoms with van der Waals surface area (Å²) in [7, 11) is 0. The Labute approximate surface area is 177 Å². The van der Waals surface area contributed by atoms with E-state index in [2.05, 4.69) is 15.3 Å². The highest BCUT2D eigenvalue weighted by atomic mass is 35.5. The highest BCUT2D eigenvalue weighted by Crippen LogP contribution is 2.33. The smallest absolute Gasteiger partial charge is 0.222 e. The van der Waals surface area contributed by atoms with Crippen molar-refractivity contribution in [1.82, 2.24) is 9.97 Å². The normalized spacial score (nSPS) is 11.5. The van der Waals surface area contributed by atoms with Crippen molar-refractivity contribution >= 4 is 52.6 Å². The average Bonchev–Trinajstić information content (AvgIpc) is 2.68. The monoisotopic (exact) mass is 432 g/mol. The van der Waals surface area contributed by atoms with Gasteiger partial charge in [-0.1, -0.05) is 71.5 Å². The predicted octanol–water partition coefficient (Wildman–Crippen LogP) is 4.51. The molecule has 0 radical (unpaired) electrons. The Bertz CT molecular complexity index is 1010. The van der Waals surface area contributed by atoms with E-state index in [9.17, 15) is 0 Å². The molecule has 0 atom stereocenters. The van der Waals surface area contributed by atoms with E-state index in [0.717, 1.165) is 23.1 Å². The molecule has 0 saturated carbocycles. The van der Waals surface area contributed by atoms with Crippen molar-refractivity contribution in [3.63, 3.8) is 0 Å². The molecule has 0 aliphatic carbocycles. The molecule has 0 aliphatic heterocycles. The zero-order chi connectivity index (χ0) is 20.1. The number of halogens is 2. The predicted molar refractivity (Wildman–Crippen MR) is 120 cm³/mol. The first-order valence-electron chi connectivity index (χ1n) is 8.21. The number of nitrogens with two attached hydrogens (primary N) is 3.